The summed E-state index contributed by atoms with van der Waals surface area (Å²) < 4.78 is 19.2. The van der Waals surface area contributed by atoms with Gasteiger partial charge in [-0.05, 0) is 48.7 Å². The van der Waals surface area contributed by atoms with Crippen LogP contribution in [0, 0.1) is 17.1 Å². The van der Waals surface area contributed by atoms with E-state index in [0.29, 0.717) is 36.3 Å². The molecule has 0 unspecified atom stereocenters. The minimum absolute atomic E-state index is 0.0132. The van der Waals surface area contributed by atoms with E-state index in [2.05, 4.69) is 6.07 Å². The van der Waals surface area contributed by atoms with E-state index in [-0.39, 0.29) is 17.2 Å². The zero-order valence-electron chi connectivity index (χ0n) is 16.0. The van der Waals surface area contributed by atoms with Gasteiger partial charge in [0, 0.05) is 17.7 Å². The Labute approximate surface area is 168 Å². The zero-order chi connectivity index (χ0) is 20.5. The number of hydrogen-bond acceptors (Lipinski definition) is 5. The first-order valence-electron chi connectivity index (χ1n) is 9.40. The van der Waals surface area contributed by atoms with Crippen LogP contribution in [-0.2, 0) is 4.79 Å². The van der Waals surface area contributed by atoms with Crippen LogP contribution in [0.3, 0.4) is 0 Å². The molecular weight excluding hydrogens is 369 g/mol. The molecule has 0 aromatic heterocycles. The van der Waals surface area contributed by atoms with Crippen LogP contribution in [0.2, 0.25) is 0 Å². The average molecular weight is 389 g/mol. The van der Waals surface area contributed by atoms with E-state index in [4.69, 9.17) is 10.5 Å². The summed E-state index contributed by atoms with van der Waals surface area (Å²) in [4.78, 5) is 14.7. The van der Waals surface area contributed by atoms with Crippen molar-refractivity contribution in [2.45, 2.75) is 25.2 Å². The SMILES string of the molecule is COc1cccc([C@@H]2C(C#N)=C(N)N(c3cccc(F)c3)C3=C2C(=O)CCC3)c1. The Morgan fingerprint density at radius 3 is 2.72 bits per heavy atom. The van der Waals surface area contributed by atoms with Crippen LogP contribution >= 0.6 is 0 Å². The molecule has 4 rings (SSSR count). The molecule has 0 spiro atoms. The van der Waals surface area contributed by atoms with E-state index in [9.17, 15) is 14.4 Å². The van der Waals surface area contributed by atoms with Crippen LogP contribution in [-0.4, -0.2) is 12.9 Å². The number of nitriles is 1. The predicted molar refractivity (Wildman–Crippen MR) is 107 cm³/mol. The molecule has 2 aromatic carbocycles. The Bertz CT molecular complexity index is 1100. The maximum Gasteiger partial charge on any atom is 0.161 e. The third kappa shape index (κ3) is 3.15. The molecule has 0 fully saturated rings. The highest BCUT2D eigenvalue weighted by Crippen LogP contribution is 2.46. The number of hydrogen-bond donors (Lipinski definition) is 1. The van der Waals surface area contributed by atoms with Crippen molar-refractivity contribution in [3.63, 3.8) is 0 Å². The number of halogens is 1. The number of nitrogens with two attached hydrogens (primary N) is 1. The number of Topliss-reactive ketones (excluding diaryl/α,β-unsaturated/α-hetero) is 1. The Hall–Kier alpha value is -3.59. The number of methoxy groups -OCH3 is 1. The summed E-state index contributed by atoms with van der Waals surface area (Å²) in [6, 6.07) is 15.5. The zero-order valence-corrected chi connectivity index (χ0v) is 16.0. The van der Waals surface area contributed by atoms with Crippen molar-refractivity contribution >= 4 is 11.5 Å². The quantitative estimate of drug-likeness (QED) is 0.853. The number of anilines is 1. The fourth-order valence-electron chi connectivity index (χ4n) is 4.15. The molecule has 2 aromatic rings. The number of nitrogens with zero attached hydrogens (tertiary/aromatic N) is 2. The smallest absolute Gasteiger partial charge is 0.161 e. The van der Waals surface area contributed by atoms with Gasteiger partial charge in [-0.15, -0.1) is 0 Å². The molecule has 29 heavy (non-hydrogen) atoms. The highest BCUT2D eigenvalue weighted by molar-refractivity contribution is 6.01. The van der Waals surface area contributed by atoms with Gasteiger partial charge in [0.2, 0.25) is 0 Å². The molecule has 5 nitrogen and oxygen atoms in total. The maximum atomic E-state index is 13.9. The van der Waals surface area contributed by atoms with Gasteiger partial charge >= 0.3 is 0 Å². The van der Waals surface area contributed by atoms with Gasteiger partial charge in [0.05, 0.1) is 30.4 Å². The van der Waals surface area contributed by atoms with Gasteiger partial charge in [-0.2, -0.15) is 5.26 Å². The first kappa shape index (κ1) is 18.8. The summed E-state index contributed by atoms with van der Waals surface area (Å²) in [5.74, 6) is -0.132. The van der Waals surface area contributed by atoms with E-state index in [1.165, 1.54) is 12.1 Å². The van der Waals surface area contributed by atoms with Crippen molar-refractivity contribution in [1.29, 1.82) is 5.26 Å². The highest BCUT2D eigenvalue weighted by atomic mass is 19.1. The third-order valence-corrected chi connectivity index (χ3v) is 5.41. The van der Waals surface area contributed by atoms with Crippen molar-refractivity contribution in [3.05, 3.63) is 82.6 Å². The highest BCUT2D eigenvalue weighted by Gasteiger charge is 2.40. The summed E-state index contributed by atoms with van der Waals surface area (Å²) >= 11 is 0. The Morgan fingerprint density at radius 2 is 2.00 bits per heavy atom. The molecule has 1 aliphatic heterocycles. The number of carbonyl (C=O) groups is 1. The molecule has 0 radical (unpaired) electrons. The van der Waals surface area contributed by atoms with Gasteiger partial charge in [-0.1, -0.05) is 18.2 Å². The van der Waals surface area contributed by atoms with E-state index in [1.54, 1.807) is 24.1 Å². The lowest BCUT2D eigenvalue weighted by atomic mass is 9.75. The fourth-order valence-corrected chi connectivity index (χ4v) is 4.15. The number of allylic oxidation sites excluding steroid dienone is 3. The Balaban J connectivity index is 1.97. The number of benzene rings is 2. The average Bonchev–Trinajstić information content (AvgIpc) is 2.73. The molecule has 146 valence electrons. The predicted octanol–water partition coefficient (Wildman–Crippen LogP) is 4.14. The number of rotatable bonds is 3. The van der Waals surface area contributed by atoms with Crippen molar-refractivity contribution in [2.75, 3.05) is 12.0 Å². The Kier molecular flexibility index (Phi) is 4.81. The van der Waals surface area contributed by atoms with Gasteiger partial charge in [0.15, 0.2) is 5.78 Å². The number of ketones is 1. The molecule has 1 aliphatic carbocycles. The summed E-state index contributed by atoms with van der Waals surface area (Å²) in [5, 5.41) is 9.96. The van der Waals surface area contributed by atoms with Crippen LogP contribution in [0.5, 0.6) is 5.75 Å². The first-order chi connectivity index (χ1) is 14.0. The molecule has 6 heteroatoms. The summed E-state index contributed by atoms with van der Waals surface area (Å²) in [5.41, 5.74) is 9.28. The maximum absolute atomic E-state index is 13.9. The van der Waals surface area contributed by atoms with Gasteiger partial charge in [-0.25, -0.2) is 4.39 Å². The second kappa shape index (κ2) is 7.44. The molecule has 0 saturated heterocycles. The van der Waals surface area contributed by atoms with E-state index in [0.717, 1.165) is 11.3 Å². The van der Waals surface area contributed by atoms with Gasteiger partial charge in [-0.3, -0.25) is 9.69 Å². The topological polar surface area (TPSA) is 79.3 Å². The first-order valence-corrected chi connectivity index (χ1v) is 9.40. The molecule has 0 saturated carbocycles. The van der Waals surface area contributed by atoms with E-state index >= 15 is 0 Å². The van der Waals surface area contributed by atoms with Crippen molar-refractivity contribution in [3.8, 4) is 11.8 Å². The van der Waals surface area contributed by atoms with Gasteiger partial charge in [0.25, 0.3) is 0 Å². The minimum Gasteiger partial charge on any atom is -0.497 e. The normalized spacial score (nSPS) is 19.1. The lowest BCUT2D eigenvalue weighted by Crippen LogP contribution is -2.38. The third-order valence-electron chi connectivity index (χ3n) is 5.41. The molecular formula is C23H20FN3O2. The molecule has 2 aliphatic rings. The second-order valence-corrected chi connectivity index (χ2v) is 7.07. The standard InChI is InChI=1S/C23H20FN3O2/c1-29-17-8-2-5-14(11-17)21-18(13-25)23(26)27(16-7-3-6-15(24)12-16)19-9-4-10-20(28)22(19)21/h2-3,5-8,11-12,21H,4,9-10,26H2,1H3/t21-/m1/s1. The van der Waals surface area contributed by atoms with Gasteiger partial charge < -0.3 is 10.5 Å². The van der Waals surface area contributed by atoms with Crippen LogP contribution in [0.1, 0.15) is 30.7 Å². The molecule has 0 amide bonds. The number of carbonyl (C=O) groups excluding carboxylic acids is 1. The van der Waals surface area contributed by atoms with Gasteiger partial charge in [0.1, 0.15) is 17.4 Å². The molecule has 2 N–H and O–H groups in total. The largest absolute Gasteiger partial charge is 0.497 e. The van der Waals surface area contributed by atoms with Crippen molar-refractivity contribution in [2.24, 2.45) is 5.73 Å². The van der Waals surface area contributed by atoms with Crippen LogP contribution < -0.4 is 15.4 Å². The lowest BCUT2D eigenvalue weighted by molar-refractivity contribution is -0.116. The fraction of sp³-hybridized carbons (Fsp3) is 0.217. The monoisotopic (exact) mass is 389 g/mol. The molecule has 1 atom stereocenters. The minimum atomic E-state index is -0.567. The van der Waals surface area contributed by atoms with Crippen LogP contribution in [0.25, 0.3) is 0 Å². The van der Waals surface area contributed by atoms with E-state index in [1.807, 2.05) is 24.3 Å². The summed E-state index contributed by atoms with van der Waals surface area (Å²) in [6.45, 7) is 0. The lowest BCUT2D eigenvalue weighted by Gasteiger charge is -2.39. The summed E-state index contributed by atoms with van der Waals surface area (Å²) in [6.07, 6.45) is 1.72. The van der Waals surface area contributed by atoms with E-state index < -0.39 is 11.7 Å². The van der Waals surface area contributed by atoms with Crippen LogP contribution in [0.15, 0.2) is 71.2 Å². The molecule has 0 bridgehead atoms. The summed E-state index contributed by atoms with van der Waals surface area (Å²) in [7, 11) is 1.57. The van der Waals surface area contributed by atoms with Crippen molar-refractivity contribution in [1.82, 2.24) is 0 Å². The van der Waals surface area contributed by atoms with Crippen molar-refractivity contribution < 1.29 is 13.9 Å². The second-order valence-electron chi connectivity index (χ2n) is 7.07. The Morgan fingerprint density at radius 1 is 1.21 bits per heavy atom. The van der Waals surface area contributed by atoms with Crippen LogP contribution in [0.4, 0.5) is 10.1 Å². The number of ether oxygens (including phenoxy) is 1. The molecule has 1 heterocycles.